The zero-order valence-corrected chi connectivity index (χ0v) is 12.5. The second-order valence-electron chi connectivity index (χ2n) is 5.93. The summed E-state index contributed by atoms with van der Waals surface area (Å²) >= 11 is 0. The highest BCUT2D eigenvalue weighted by molar-refractivity contribution is 5.50. The maximum absolute atomic E-state index is 5.70. The van der Waals surface area contributed by atoms with E-state index < -0.39 is 0 Å². The molecular weight excluding hydrogens is 236 g/mol. The van der Waals surface area contributed by atoms with Gasteiger partial charge in [-0.2, -0.15) is 0 Å². The number of anilines is 1. The van der Waals surface area contributed by atoms with Crippen molar-refractivity contribution in [2.24, 2.45) is 5.92 Å². The number of nitrogens with zero attached hydrogens (tertiary/aromatic N) is 1. The number of rotatable bonds is 3. The van der Waals surface area contributed by atoms with Crippen LogP contribution in [0, 0.1) is 5.92 Å². The molecule has 1 N–H and O–H groups in total. The third-order valence-corrected chi connectivity index (χ3v) is 3.51. The van der Waals surface area contributed by atoms with Gasteiger partial charge in [-0.25, -0.2) is 0 Å². The highest BCUT2D eigenvalue weighted by Crippen LogP contribution is 2.23. The predicted molar refractivity (Wildman–Crippen MR) is 81.0 cm³/mol. The SMILES string of the molecule is CC1CNCC(C)N(c2ccc(OC(C)C)cc2)C1. The fourth-order valence-electron chi connectivity index (χ4n) is 2.58. The van der Waals surface area contributed by atoms with Gasteiger partial charge in [0.05, 0.1) is 6.10 Å². The molecule has 2 atom stereocenters. The minimum Gasteiger partial charge on any atom is -0.491 e. The lowest BCUT2D eigenvalue weighted by molar-refractivity contribution is 0.242. The molecule has 1 aliphatic heterocycles. The molecule has 3 heteroatoms. The Bertz CT molecular complexity index is 388. The molecule has 1 aromatic rings. The van der Waals surface area contributed by atoms with Crippen LogP contribution in [0.25, 0.3) is 0 Å². The zero-order chi connectivity index (χ0) is 13.8. The lowest BCUT2D eigenvalue weighted by Gasteiger charge is -2.30. The van der Waals surface area contributed by atoms with Crippen molar-refractivity contribution in [3.05, 3.63) is 24.3 Å². The molecule has 3 nitrogen and oxygen atoms in total. The number of benzene rings is 1. The van der Waals surface area contributed by atoms with Gasteiger partial charge >= 0.3 is 0 Å². The Balaban J connectivity index is 2.11. The first-order valence-electron chi connectivity index (χ1n) is 7.30. The predicted octanol–water partition coefficient (Wildman–Crippen LogP) is 2.91. The van der Waals surface area contributed by atoms with Gasteiger partial charge in [0.15, 0.2) is 0 Å². The summed E-state index contributed by atoms with van der Waals surface area (Å²) in [4.78, 5) is 2.49. The molecule has 0 radical (unpaired) electrons. The van der Waals surface area contributed by atoms with Gasteiger partial charge in [0.1, 0.15) is 5.75 Å². The van der Waals surface area contributed by atoms with Gasteiger partial charge in [0, 0.05) is 24.8 Å². The van der Waals surface area contributed by atoms with Crippen LogP contribution in [0.1, 0.15) is 27.7 Å². The van der Waals surface area contributed by atoms with Crippen molar-refractivity contribution < 1.29 is 4.74 Å². The van der Waals surface area contributed by atoms with E-state index in [2.05, 4.69) is 62.2 Å². The molecule has 2 rings (SSSR count). The highest BCUT2D eigenvalue weighted by atomic mass is 16.5. The molecule has 1 aromatic carbocycles. The van der Waals surface area contributed by atoms with Crippen molar-refractivity contribution >= 4 is 5.69 Å². The number of hydrogen-bond donors (Lipinski definition) is 1. The molecule has 0 amide bonds. The van der Waals surface area contributed by atoms with Gasteiger partial charge in [0.2, 0.25) is 0 Å². The van der Waals surface area contributed by atoms with Gasteiger partial charge < -0.3 is 15.0 Å². The molecule has 2 unspecified atom stereocenters. The lowest BCUT2D eigenvalue weighted by Crippen LogP contribution is -2.37. The summed E-state index contributed by atoms with van der Waals surface area (Å²) in [5, 5.41) is 3.52. The fourth-order valence-corrected chi connectivity index (χ4v) is 2.58. The first-order chi connectivity index (χ1) is 9.06. The Morgan fingerprint density at radius 1 is 1.16 bits per heavy atom. The van der Waals surface area contributed by atoms with Crippen LogP contribution in [0.5, 0.6) is 5.75 Å². The molecule has 1 fully saturated rings. The number of nitrogens with one attached hydrogen (secondary N) is 1. The largest absolute Gasteiger partial charge is 0.491 e. The summed E-state index contributed by atoms with van der Waals surface area (Å²) in [5.41, 5.74) is 1.29. The van der Waals surface area contributed by atoms with Crippen LogP contribution >= 0.6 is 0 Å². The van der Waals surface area contributed by atoms with E-state index in [1.807, 2.05) is 0 Å². The molecule has 0 bridgehead atoms. The standard InChI is InChI=1S/C16H26N2O/c1-12(2)19-16-7-5-15(6-8-16)18-11-13(3)9-17-10-14(18)4/h5-8,12-14,17H,9-11H2,1-4H3. The summed E-state index contributed by atoms with van der Waals surface area (Å²) in [7, 11) is 0. The summed E-state index contributed by atoms with van der Waals surface area (Å²) in [6, 6.07) is 9.02. The quantitative estimate of drug-likeness (QED) is 0.906. The van der Waals surface area contributed by atoms with Crippen LogP contribution in [0.4, 0.5) is 5.69 Å². The summed E-state index contributed by atoms with van der Waals surface area (Å²) in [6.45, 7) is 12.0. The van der Waals surface area contributed by atoms with Crippen molar-refractivity contribution in [2.45, 2.75) is 39.8 Å². The number of ether oxygens (including phenoxy) is 1. The average Bonchev–Trinajstić information content (AvgIpc) is 2.52. The van der Waals surface area contributed by atoms with Crippen molar-refractivity contribution in [1.82, 2.24) is 5.32 Å². The third-order valence-electron chi connectivity index (χ3n) is 3.51. The van der Waals surface area contributed by atoms with Crippen LogP contribution in [0.2, 0.25) is 0 Å². The van der Waals surface area contributed by atoms with Crippen LogP contribution in [0.3, 0.4) is 0 Å². The highest BCUT2D eigenvalue weighted by Gasteiger charge is 2.20. The summed E-state index contributed by atoms with van der Waals surface area (Å²) in [6.07, 6.45) is 0.229. The Morgan fingerprint density at radius 3 is 2.47 bits per heavy atom. The zero-order valence-electron chi connectivity index (χ0n) is 12.5. The van der Waals surface area contributed by atoms with Crippen molar-refractivity contribution in [3.63, 3.8) is 0 Å². The summed E-state index contributed by atoms with van der Waals surface area (Å²) < 4.78 is 5.70. The van der Waals surface area contributed by atoms with E-state index in [1.165, 1.54) is 5.69 Å². The normalized spacial score (nSPS) is 24.4. The smallest absolute Gasteiger partial charge is 0.119 e. The minimum absolute atomic E-state index is 0.229. The lowest BCUT2D eigenvalue weighted by atomic mass is 10.1. The summed E-state index contributed by atoms with van der Waals surface area (Å²) in [5.74, 6) is 1.63. The van der Waals surface area contributed by atoms with Crippen LogP contribution < -0.4 is 15.0 Å². The van der Waals surface area contributed by atoms with Crippen LogP contribution in [0.15, 0.2) is 24.3 Å². The molecule has 0 spiro atoms. The van der Waals surface area contributed by atoms with Gasteiger partial charge in [-0.3, -0.25) is 0 Å². The number of hydrogen-bond acceptors (Lipinski definition) is 3. The monoisotopic (exact) mass is 262 g/mol. The Kier molecular flexibility index (Phi) is 4.70. The van der Waals surface area contributed by atoms with Crippen molar-refractivity contribution in [2.75, 3.05) is 24.5 Å². The second-order valence-corrected chi connectivity index (χ2v) is 5.93. The Hall–Kier alpha value is -1.22. The molecule has 0 aromatic heterocycles. The van der Waals surface area contributed by atoms with Crippen LogP contribution in [-0.4, -0.2) is 31.8 Å². The van der Waals surface area contributed by atoms with E-state index in [-0.39, 0.29) is 6.10 Å². The van der Waals surface area contributed by atoms with Gasteiger partial charge in [-0.05, 0) is 57.5 Å². The van der Waals surface area contributed by atoms with E-state index >= 15 is 0 Å². The molecule has 1 aliphatic rings. The van der Waals surface area contributed by atoms with E-state index in [0.29, 0.717) is 12.0 Å². The van der Waals surface area contributed by atoms with E-state index in [4.69, 9.17) is 4.74 Å². The van der Waals surface area contributed by atoms with Crippen molar-refractivity contribution in [1.29, 1.82) is 0 Å². The van der Waals surface area contributed by atoms with E-state index in [9.17, 15) is 0 Å². The van der Waals surface area contributed by atoms with E-state index in [1.54, 1.807) is 0 Å². The molecule has 1 saturated heterocycles. The maximum atomic E-state index is 5.70. The average molecular weight is 262 g/mol. The molecule has 106 valence electrons. The maximum Gasteiger partial charge on any atom is 0.119 e. The topological polar surface area (TPSA) is 24.5 Å². The first-order valence-corrected chi connectivity index (χ1v) is 7.30. The second kappa shape index (κ2) is 6.29. The van der Waals surface area contributed by atoms with Crippen LogP contribution in [-0.2, 0) is 0 Å². The molecule has 19 heavy (non-hydrogen) atoms. The Labute approximate surface area is 116 Å². The molecule has 0 aliphatic carbocycles. The minimum atomic E-state index is 0.229. The van der Waals surface area contributed by atoms with Gasteiger partial charge in [0.25, 0.3) is 0 Å². The van der Waals surface area contributed by atoms with Gasteiger partial charge in [-0.1, -0.05) is 6.92 Å². The van der Waals surface area contributed by atoms with Gasteiger partial charge in [-0.15, -0.1) is 0 Å². The van der Waals surface area contributed by atoms with E-state index in [0.717, 1.165) is 25.4 Å². The van der Waals surface area contributed by atoms with Crippen molar-refractivity contribution in [3.8, 4) is 5.75 Å². The molecule has 0 saturated carbocycles. The Morgan fingerprint density at radius 2 is 1.84 bits per heavy atom. The first kappa shape index (κ1) is 14.2. The third kappa shape index (κ3) is 3.87. The molecule has 1 heterocycles. The molecular formula is C16H26N2O. The fraction of sp³-hybridized carbons (Fsp3) is 0.625.